The lowest BCUT2D eigenvalue weighted by molar-refractivity contribution is -0.156. The normalized spacial score (nSPS) is 21.8. The number of nitrogens with zero attached hydrogens (tertiary/aromatic N) is 2. The predicted octanol–water partition coefficient (Wildman–Crippen LogP) is 6.47. The summed E-state index contributed by atoms with van der Waals surface area (Å²) in [4.78, 5) is 17.9. The van der Waals surface area contributed by atoms with Crippen molar-refractivity contribution in [1.29, 1.82) is 0 Å². The third-order valence-electron chi connectivity index (χ3n) is 6.27. The lowest BCUT2D eigenvalue weighted by Crippen LogP contribution is -2.36. The first-order chi connectivity index (χ1) is 14.4. The molecule has 158 valence electrons. The zero-order valence-electron chi connectivity index (χ0n) is 17.8. The first-order valence-corrected chi connectivity index (χ1v) is 11.6. The standard InChI is InChI=1S/C25H29BrN2O2/c1-16(2)20-12-11-17(3)13-23(20)30-24(29)15-28-22-10-5-4-9-21(22)27-25(28)18-7-6-8-19(26)14-18/h4-10,14,16-17,20,23H,11-13,15H2,1-3H3/t17-,20+,23-/m1/s1. The molecule has 0 saturated heterocycles. The summed E-state index contributed by atoms with van der Waals surface area (Å²) in [5.74, 6) is 2.16. The molecule has 4 rings (SSSR count). The van der Waals surface area contributed by atoms with Crippen LogP contribution in [0.2, 0.25) is 0 Å². The Kier molecular flexibility index (Phi) is 6.28. The van der Waals surface area contributed by atoms with Gasteiger partial charge in [-0.1, -0.05) is 67.4 Å². The summed E-state index contributed by atoms with van der Waals surface area (Å²) in [7, 11) is 0. The minimum Gasteiger partial charge on any atom is -0.461 e. The topological polar surface area (TPSA) is 44.1 Å². The average Bonchev–Trinajstić information content (AvgIpc) is 3.06. The van der Waals surface area contributed by atoms with E-state index in [-0.39, 0.29) is 18.6 Å². The van der Waals surface area contributed by atoms with Gasteiger partial charge in [-0.3, -0.25) is 4.79 Å². The maximum Gasteiger partial charge on any atom is 0.326 e. The van der Waals surface area contributed by atoms with Gasteiger partial charge < -0.3 is 9.30 Å². The van der Waals surface area contributed by atoms with Gasteiger partial charge in [0, 0.05) is 10.0 Å². The average molecular weight is 469 g/mol. The quantitative estimate of drug-likeness (QED) is 0.403. The highest BCUT2D eigenvalue weighted by Crippen LogP contribution is 2.35. The molecule has 0 spiro atoms. The molecule has 30 heavy (non-hydrogen) atoms. The Morgan fingerprint density at radius 3 is 2.77 bits per heavy atom. The molecule has 2 aromatic carbocycles. The van der Waals surface area contributed by atoms with Crippen molar-refractivity contribution >= 4 is 32.9 Å². The summed E-state index contributed by atoms with van der Waals surface area (Å²) in [5.41, 5.74) is 2.80. The first kappa shape index (κ1) is 21.1. The summed E-state index contributed by atoms with van der Waals surface area (Å²) < 4.78 is 9.04. The number of carbonyl (C=O) groups is 1. The summed E-state index contributed by atoms with van der Waals surface area (Å²) in [6, 6.07) is 16.0. The van der Waals surface area contributed by atoms with Gasteiger partial charge in [0.1, 0.15) is 18.5 Å². The number of esters is 1. The number of para-hydroxylation sites is 2. The van der Waals surface area contributed by atoms with Crippen LogP contribution >= 0.6 is 15.9 Å². The van der Waals surface area contributed by atoms with Gasteiger partial charge in [0.2, 0.25) is 0 Å². The zero-order chi connectivity index (χ0) is 21.3. The fraction of sp³-hybridized carbons (Fsp3) is 0.440. The van der Waals surface area contributed by atoms with Gasteiger partial charge in [0.25, 0.3) is 0 Å². The lowest BCUT2D eigenvalue weighted by atomic mass is 9.75. The van der Waals surface area contributed by atoms with Crippen LogP contribution in [0.1, 0.15) is 40.0 Å². The molecule has 1 saturated carbocycles. The van der Waals surface area contributed by atoms with Crippen molar-refractivity contribution in [1.82, 2.24) is 9.55 Å². The second kappa shape index (κ2) is 8.93. The number of aromatic nitrogens is 2. The van der Waals surface area contributed by atoms with Crippen LogP contribution in [0.4, 0.5) is 0 Å². The van der Waals surface area contributed by atoms with Gasteiger partial charge in [0.15, 0.2) is 0 Å². The Morgan fingerprint density at radius 1 is 1.20 bits per heavy atom. The molecule has 1 aromatic heterocycles. The summed E-state index contributed by atoms with van der Waals surface area (Å²) in [5, 5.41) is 0. The van der Waals surface area contributed by atoms with Gasteiger partial charge in [-0.15, -0.1) is 0 Å². The lowest BCUT2D eigenvalue weighted by Gasteiger charge is -2.36. The molecule has 0 aliphatic heterocycles. The van der Waals surface area contributed by atoms with Gasteiger partial charge >= 0.3 is 5.97 Å². The van der Waals surface area contributed by atoms with Crippen LogP contribution < -0.4 is 0 Å². The molecule has 1 aliphatic carbocycles. The van der Waals surface area contributed by atoms with E-state index in [9.17, 15) is 4.79 Å². The van der Waals surface area contributed by atoms with Crippen molar-refractivity contribution < 1.29 is 9.53 Å². The molecule has 0 radical (unpaired) electrons. The van der Waals surface area contributed by atoms with Crippen LogP contribution in [0.5, 0.6) is 0 Å². The molecule has 0 unspecified atom stereocenters. The van der Waals surface area contributed by atoms with Crippen molar-refractivity contribution in [2.75, 3.05) is 0 Å². The molecular formula is C25H29BrN2O2. The number of halogens is 1. The number of benzene rings is 2. The van der Waals surface area contributed by atoms with E-state index in [2.05, 4.69) is 36.7 Å². The summed E-state index contributed by atoms with van der Waals surface area (Å²) >= 11 is 3.54. The number of carbonyl (C=O) groups excluding carboxylic acids is 1. The highest BCUT2D eigenvalue weighted by atomic mass is 79.9. The molecule has 1 fully saturated rings. The van der Waals surface area contributed by atoms with Crippen LogP contribution in [0.25, 0.3) is 22.4 Å². The molecule has 0 bridgehead atoms. The Balaban J connectivity index is 1.63. The minimum absolute atomic E-state index is 0.00496. The van der Waals surface area contributed by atoms with Crippen LogP contribution in [-0.2, 0) is 16.1 Å². The number of rotatable bonds is 5. The van der Waals surface area contributed by atoms with Crippen molar-refractivity contribution in [3.63, 3.8) is 0 Å². The van der Waals surface area contributed by atoms with Crippen molar-refractivity contribution in [3.8, 4) is 11.4 Å². The van der Waals surface area contributed by atoms with Crippen molar-refractivity contribution in [3.05, 3.63) is 53.0 Å². The summed E-state index contributed by atoms with van der Waals surface area (Å²) in [6.07, 6.45) is 3.31. The Morgan fingerprint density at radius 2 is 2.00 bits per heavy atom. The molecule has 1 heterocycles. The third kappa shape index (κ3) is 4.46. The molecule has 3 atom stereocenters. The highest BCUT2D eigenvalue weighted by Gasteiger charge is 2.33. The summed E-state index contributed by atoms with van der Waals surface area (Å²) in [6.45, 7) is 6.89. The van der Waals surface area contributed by atoms with E-state index in [1.807, 2.05) is 53.1 Å². The van der Waals surface area contributed by atoms with Gasteiger partial charge in [0.05, 0.1) is 11.0 Å². The largest absolute Gasteiger partial charge is 0.461 e. The highest BCUT2D eigenvalue weighted by molar-refractivity contribution is 9.10. The Bertz CT molecular complexity index is 1040. The van der Waals surface area contributed by atoms with Gasteiger partial charge in [-0.05, 0) is 54.9 Å². The molecule has 0 N–H and O–H groups in total. The first-order valence-electron chi connectivity index (χ1n) is 10.8. The van der Waals surface area contributed by atoms with Gasteiger partial charge in [-0.25, -0.2) is 4.98 Å². The fourth-order valence-electron chi connectivity index (χ4n) is 4.67. The maximum absolute atomic E-state index is 13.1. The third-order valence-corrected chi connectivity index (χ3v) is 6.76. The molecule has 1 aliphatic rings. The van der Waals surface area contributed by atoms with E-state index in [1.54, 1.807) is 0 Å². The predicted molar refractivity (Wildman–Crippen MR) is 124 cm³/mol. The SMILES string of the molecule is CC(C)[C@@H]1CC[C@@H](C)C[C@H]1OC(=O)Cn1c(-c2cccc(Br)c2)nc2ccccc21. The zero-order valence-corrected chi connectivity index (χ0v) is 19.4. The van der Waals surface area contributed by atoms with E-state index in [0.29, 0.717) is 17.8 Å². The maximum atomic E-state index is 13.1. The van der Waals surface area contributed by atoms with E-state index in [4.69, 9.17) is 9.72 Å². The molecule has 3 aromatic rings. The molecule has 5 heteroatoms. The van der Waals surface area contributed by atoms with Crippen LogP contribution in [-0.4, -0.2) is 21.6 Å². The van der Waals surface area contributed by atoms with Crippen molar-refractivity contribution in [2.45, 2.75) is 52.7 Å². The smallest absolute Gasteiger partial charge is 0.326 e. The number of fused-ring (bicyclic) bond motifs is 1. The van der Waals surface area contributed by atoms with Crippen molar-refractivity contribution in [2.24, 2.45) is 17.8 Å². The van der Waals surface area contributed by atoms with Crippen LogP contribution in [0.15, 0.2) is 53.0 Å². The minimum atomic E-state index is -0.181. The molecular weight excluding hydrogens is 440 g/mol. The second-order valence-electron chi connectivity index (χ2n) is 8.88. The fourth-order valence-corrected chi connectivity index (χ4v) is 5.07. The van der Waals surface area contributed by atoms with Gasteiger partial charge in [-0.2, -0.15) is 0 Å². The monoisotopic (exact) mass is 468 g/mol. The molecule has 4 nitrogen and oxygen atoms in total. The second-order valence-corrected chi connectivity index (χ2v) is 9.79. The number of hydrogen-bond acceptors (Lipinski definition) is 3. The number of hydrogen-bond donors (Lipinski definition) is 0. The van der Waals surface area contributed by atoms with E-state index < -0.39 is 0 Å². The Hall–Kier alpha value is -2.14. The molecule has 0 amide bonds. The van der Waals surface area contributed by atoms with Crippen LogP contribution in [0, 0.1) is 17.8 Å². The van der Waals surface area contributed by atoms with E-state index in [0.717, 1.165) is 39.7 Å². The van der Waals surface area contributed by atoms with Crippen LogP contribution in [0.3, 0.4) is 0 Å². The Labute approximate surface area is 186 Å². The number of ether oxygens (including phenoxy) is 1. The number of imidazole rings is 1. The van der Waals surface area contributed by atoms with E-state index >= 15 is 0 Å². The van der Waals surface area contributed by atoms with E-state index in [1.165, 1.54) is 6.42 Å².